The molecular formula is C2HN2OS. The van der Waals surface area contributed by atoms with Crippen LogP contribution in [0.25, 0.3) is 0 Å². The van der Waals surface area contributed by atoms with Crippen molar-refractivity contribution in [2.75, 3.05) is 0 Å². The van der Waals surface area contributed by atoms with Crippen LogP contribution in [0.1, 0.15) is 0 Å². The predicted octanol–water partition coefficient (Wildman–Crippen LogP) is -0.423. The Morgan fingerprint density at radius 3 is 3.00 bits per heavy atom. The van der Waals surface area contributed by atoms with Gasteiger partial charge in [-0.1, -0.05) is 0 Å². The average Bonchev–Trinajstić information content (AvgIpc) is 1.86. The molecule has 0 fully saturated rings. The van der Waals surface area contributed by atoms with Crippen LogP contribution in [0.5, 0.6) is 0 Å². The van der Waals surface area contributed by atoms with Gasteiger partial charge in [0.15, 0.2) is 0 Å². The third-order valence-corrected chi connectivity index (χ3v) is 0.791. The summed E-state index contributed by atoms with van der Waals surface area (Å²) in [5.74, 6) is 0. The molecule has 1 aromatic rings. The van der Waals surface area contributed by atoms with Crippen molar-refractivity contribution in [3.8, 4) is 0 Å². The third-order valence-electron chi connectivity index (χ3n) is 0.337. The molecule has 0 aromatic carbocycles. The fourth-order valence-electron chi connectivity index (χ4n) is 0.156. The van der Waals surface area contributed by atoms with Crippen molar-refractivity contribution in [3.05, 3.63) is 16.8 Å². The van der Waals surface area contributed by atoms with Gasteiger partial charge in [-0.2, -0.15) is 0 Å². The Morgan fingerprint density at radius 2 is 2.83 bits per heavy atom. The van der Waals surface area contributed by atoms with Gasteiger partial charge < -0.3 is 5.21 Å². The lowest BCUT2D eigenvalue weighted by Gasteiger charge is -1.74. The number of hydrogen-bond donors (Lipinski definition) is 0. The molecule has 0 atom stereocenters. The van der Waals surface area contributed by atoms with Crippen LogP contribution in [-0.4, -0.2) is 4.49 Å². The summed E-state index contributed by atoms with van der Waals surface area (Å²) >= 11 is 1.02. The smallest absolute Gasteiger partial charge is 0.231 e. The number of hydrogen-bond acceptors (Lipinski definition) is 3. The predicted molar refractivity (Wildman–Crippen MR) is 19.9 cm³/mol. The summed E-state index contributed by atoms with van der Waals surface area (Å²) in [5.41, 5.74) is 0. The van der Waals surface area contributed by atoms with E-state index in [1.54, 1.807) is 0 Å². The maximum atomic E-state index is 9.85. The van der Waals surface area contributed by atoms with Crippen molar-refractivity contribution in [3.63, 3.8) is 0 Å². The zero-order valence-corrected chi connectivity index (χ0v) is 3.60. The lowest BCUT2D eigenvalue weighted by molar-refractivity contribution is -0.660. The maximum absolute atomic E-state index is 9.85. The van der Waals surface area contributed by atoms with E-state index in [0.717, 1.165) is 11.5 Å². The zero-order valence-electron chi connectivity index (χ0n) is 2.79. The summed E-state index contributed by atoms with van der Waals surface area (Å²) in [5, 5.41) is 12.4. The Hall–Kier alpha value is -0.640. The van der Waals surface area contributed by atoms with Crippen molar-refractivity contribution in [2.24, 2.45) is 0 Å². The van der Waals surface area contributed by atoms with Crippen LogP contribution in [0, 0.1) is 10.6 Å². The largest absolute Gasteiger partial charge is 0.594 e. The van der Waals surface area contributed by atoms with Crippen LogP contribution >= 0.6 is 11.5 Å². The number of nitrogens with zero attached hydrogens (tertiary/aromatic N) is 2. The molecular weight excluding hydrogens is 100 g/mol. The lowest BCUT2D eigenvalue weighted by Crippen LogP contribution is -2.24. The van der Waals surface area contributed by atoms with Crippen LogP contribution in [-0.2, 0) is 0 Å². The Bertz CT molecular complexity index is 115. The first-order chi connectivity index (χ1) is 2.89. The minimum atomic E-state index is 0.463. The van der Waals surface area contributed by atoms with Crippen LogP contribution in [0.4, 0.5) is 0 Å². The minimum Gasteiger partial charge on any atom is -0.594 e. The maximum Gasteiger partial charge on any atom is 0.231 e. The Morgan fingerprint density at radius 1 is 2.00 bits per heavy atom. The molecule has 1 heterocycles. The molecule has 0 unspecified atom stereocenters. The van der Waals surface area contributed by atoms with Gasteiger partial charge in [-0.25, -0.2) is 0 Å². The van der Waals surface area contributed by atoms with E-state index in [9.17, 15) is 5.21 Å². The van der Waals surface area contributed by atoms with Crippen LogP contribution in [0.2, 0.25) is 0 Å². The first-order valence-corrected chi connectivity index (χ1v) is 2.09. The van der Waals surface area contributed by atoms with Crippen molar-refractivity contribution in [1.29, 1.82) is 0 Å². The minimum absolute atomic E-state index is 0.463. The third kappa shape index (κ3) is 0.463. The SMILES string of the molecule is [O-][n+]1c[c]sn1. The van der Waals surface area contributed by atoms with Crippen molar-refractivity contribution in [1.82, 2.24) is 4.49 Å². The normalized spacial score (nSPS) is 8.67. The second kappa shape index (κ2) is 1.22. The van der Waals surface area contributed by atoms with E-state index in [0.29, 0.717) is 4.85 Å². The molecule has 1 rings (SSSR count). The van der Waals surface area contributed by atoms with E-state index in [-0.39, 0.29) is 0 Å². The van der Waals surface area contributed by atoms with Gasteiger partial charge in [0, 0.05) is 11.5 Å². The van der Waals surface area contributed by atoms with Crippen molar-refractivity contribution < 1.29 is 4.85 Å². The van der Waals surface area contributed by atoms with E-state index < -0.39 is 0 Å². The van der Waals surface area contributed by atoms with Gasteiger partial charge >= 0.3 is 0 Å². The summed E-state index contributed by atoms with van der Waals surface area (Å²) in [6.45, 7) is 0. The standard InChI is InChI=1S/C2HN2OS/c5-4-1-2-6-3-4/h1H. The Balaban J connectivity index is 3.05. The molecule has 0 saturated heterocycles. The monoisotopic (exact) mass is 101 g/mol. The molecule has 6 heavy (non-hydrogen) atoms. The highest BCUT2D eigenvalue weighted by atomic mass is 32.1. The number of rotatable bonds is 0. The lowest BCUT2D eigenvalue weighted by atomic mass is 11.0. The van der Waals surface area contributed by atoms with Crippen LogP contribution < -0.4 is 4.85 Å². The highest BCUT2D eigenvalue weighted by Gasteiger charge is 1.82. The molecule has 0 aliphatic carbocycles. The Kier molecular flexibility index (Phi) is 0.719. The fraction of sp³-hybridized carbons (Fsp3) is 0. The molecule has 1 aromatic heterocycles. The first kappa shape index (κ1) is 3.55. The molecule has 0 aliphatic rings. The summed E-state index contributed by atoms with van der Waals surface area (Å²) in [4.78, 5) is 0.463. The van der Waals surface area contributed by atoms with E-state index in [2.05, 4.69) is 9.87 Å². The van der Waals surface area contributed by atoms with Crippen LogP contribution in [0.15, 0.2) is 6.20 Å². The van der Waals surface area contributed by atoms with Gasteiger partial charge in [0.05, 0.1) is 4.49 Å². The molecule has 31 valence electrons. The molecule has 3 nitrogen and oxygen atoms in total. The van der Waals surface area contributed by atoms with E-state index in [4.69, 9.17) is 0 Å². The molecule has 0 bridgehead atoms. The van der Waals surface area contributed by atoms with Gasteiger partial charge in [0.25, 0.3) is 0 Å². The van der Waals surface area contributed by atoms with Gasteiger partial charge in [-0.3, -0.25) is 0 Å². The van der Waals surface area contributed by atoms with Gasteiger partial charge in [0.1, 0.15) is 5.38 Å². The molecule has 4 heteroatoms. The first-order valence-electron chi connectivity index (χ1n) is 1.32. The second-order valence-electron chi connectivity index (χ2n) is 0.722. The van der Waals surface area contributed by atoms with Gasteiger partial charge in [0.2, 0.25) is 6.20 Å². The van der Waals surface area contributed by atoms with E-state index in [1.165, 1.54) is 6.20 Å². The molecule has 0 saturated carbocycles. The Labute approximate surface area is 38.6 Å². The van der Waals surface area contributed by atoms with E-state index >= 15 is 0 Å². The summed E-state index contributed by atoms with van der Waals surface area (Å²) in [6.07, 6.45) is 1.23. The van der Waals surface area contributed by atoms with E-state index in [1.807, 2.05) is 0 Å². The fourth-order valence-corrected chi connectivity index (χ4v) is 0.468. The highest BCUT2D eigenvalue weighted by Crippen LogP contribution is 1.74. The highest BCUT2D eigenvalue weighted by molar-refractivity contribution is 7.02. The topological polar surface area (TPSA) is 39.8 Å². The van der Waals surface area contributed by atoms with Crippen LogP contribution in [0.3, 0.4) is 0 Å². The molecule has 0 aliphatic heterocycles. The van der Waals surface area contributed by atoms with Gasteiger partial charge in [-0.05, 0) is 4.85 Å². The quantitative estimate of drug-likeness (QED) is 0.329. The second-order valence-corrected chi connectivity index (χ2v) is 1.30. The average molecular weight is 101 g/mol. The summed E-state index contributed by atoms with van der Waals surface area (Å²) in [6, 6.07) is 0. The molecule has 0 spiro atoms. The zero-order chi connectivity index (χ0) is 4.41. The van der Waals surface area contributed by atoms with Gasteiger partial charge in [-0.15, -0.1) is 0 Å². The number of aromatic nitrogens is 2. The molecule has 1 radical (unpaired) electrons. The summed E-state index contributed by atoms with van der Waals surface area (Å²) < 4.78 is 3.26. The van der Waals surface area contributed by atoms with Crippen molar-refractivity contribution in [2.45, 2.75) is 0 Å². The summed E-state index contributed by atoms with van der Waals surface area (Å²) in [7, 11) is 0. The molecule has 0 N–H and O–H groups in total. The van der Waals surface area contributed by atoms with Crippen molar-refractivity contribution >= 4 is 11.5 Å². The molecule has 0 amide bonds.